The van der Waals surface area contributed by atoms with E-state index in [0.717, 1.165) is 5.56 Å². The van der Waals surface area contributed by atoms with Crippen molar-refractivity contribution in [3.63, 3.8) is 0 Å². The highest BCUT2D eigenvalue weighted by molar-refractivity contribution is 9.10. The number of aliphatic hydroxyl groups is 1. The topological polar surface area (TPSA) is 20.2 Å². The van der Waals surface area contributed by atoms with Crippen LogP contribution in [0.1, 0.15) is 22.8 Å². The molecule has 2 aromatic rings. The summed E-state index contributed by atoms with van der Waals surface area (Å²) in [5, 5.41) is 13.9. The maximum absolute atomic E-state index is 13.9. The number of thiophene rings is 1. The lowest BCUT2D eigenvalue weighted by atomic mass is 10.0. The molecule has 0 radical (unpaired) electrons. The van der Waals surface area contributed by atoms with Crippen LogP contribution in [0.3, 0.4) is 0 Å². The Bertz CT molecular complexity index is 555. The van der Waals surface area contributed by atoms with Crippen LogP contribution in [0.4, 0.5) is 4.39 Å². The molecule has 0 saturated carbocycles. The van der Waals surface area contributed by atoms with Crippen LogP contribution in [-0.4, -0.2) is 5.11 Å². The highest BCUT2D eigenvalue weighted by Gasteiger charge is 2.20. The van der Waals surface area contributed by atoms with E-state index in [9.17, 15) is 9.50 Å². The van der Waals surface area contributed by atoms with Crippen molar-refractivity contribution in [3.05, 3.63) is 54.9 Å². The van der Waals surface area contributed by atoms with Crippen molar-refractivity contribution < 1.29 is 9.50 Å². The van der Waals surface area contributed by atoms with Gasteiger partial charge in [0.25, 0.3) is 0 Å². The summed E-state index contributed by atoms with van der Waals surface area (Å²) in [6.45, 7) is 1.88. The molecule has 1 atom stereocenters. The van der Waals surface area contributed by atoms with E-state index in [1.54, 1.807) is 6.07 Å². The number of rotatable bonds is 2. The van der Waals surface area contributed by atoms with Crippen molar-refractivity contribution in [3.8, 4) is 0 Å². The summed E-state index contributed by atoms with van der Waals surface area (Å²) in [7, 11) is 0. The molecule has 0 spiro atoms. The summed E-state index contributed by atoms with van der Waals surface area (Å²) in [5.74, 6) is -0.584. The van der Waals surface area contributed by atoms with Gasteiger partial charge in [-0.3, -0.25) is 0 Å². The van der Waals surface area contributed by atoms with Gasteiger partial charge < -0.3 is 5.11 Å². The normalized spacial score (nSPS) is 12.8. The van der Waals surface area contributed by atoms with Gasteiger partial charge in [0.15, 0.2) is 0 Å². The van der Waals surface area contributed by atoms with Crippen LogP contribution in [0.15, 0.2) is 27.4 Å². The molecule has 1 aromatic carbocycles. The first kappa shape index (κ1) is 13.0. The van der Waals surface area contributed by atoms with Crippen molar-refractivity contribution in [2.24, 2.45) is 0 Å². The van der Waals surface area contributed by atoms with Gasteiger partial charge in [-0.05, 0) is 50.8 Å². The second kappa shape index (κ2) is 5.06. The van der Waals surface area contributed by atoms with Crippen molar-refractivity contribution in [2.45, 2.75) is 13.0 Å². The van der Waals surface area contributed by atoms with Gasteiger partial charge in [-0.25, -0.2) is 4.39 Å². The van der Waals surface area contributed by atoms with Crippen LogP contribution in [-0.2, 0) is 0 Å². The second-order valence-corrected chi connectivity index (χ2v) is 5.65. The van der Waals surface area contributed by atoms with Crippen LogP contribution in [0.2, 0.25) is 5.02 Å². The van der Waals surface area contributed by atoms with E-state index >= 15 is 0 Å². The van der Waals surface area contributed by atoms with Crippen LogP contribution in [0, 0.1) is 12.7 Å². The van der Waals surface area contributed by atoms with Gasteiger partial charge >= 0.3 is 0 Å². The largest absolute Gasteiger partial charge is 0.384 e. The maximum atomic E-state index is 13.9. The molecular weight excluding hydrogens is 327 g/mol. The summed E-state index contributed by atoms with van der Waals surface area (Å²) in [6, 6.07) is 3.17. The van der Waals surface area contributed by atoms with E-state index in [1.807, 2.05) is 17.7 Å². The number of benzene rings is 1. The second-order valence-electron chi connectivity index (χ2n) is 3.68. The van der Waals surface area contributed by atoms with E-state index < -0.39 is 11.9 Å². The molecule has 5 heteroatoms. The Morgan fingerprint density at radius 3 is 2.65 bits per heavy atom. The summed E-state index contributed by atoms with van der Waals surface area (Å²) < 4.78 is 14.4. The lowest BCUT2D eigenvalue weighted by molar-refractivity contribution is 0.214. The maximum Gasteiger partial charge on any atom is 0.149 e. The average Bonchev–Trinajstić information content (AvgIpc) is 2.72. The minimum Gasteiger partial charge on any atom is -0.384 e. The molecule has 90 valence electrons. The Kier molecular flexibility index (Phi) is 3.88. The van der Waals surface area contributed by atoms with Crippen molar-refractivity contribution in [1.29, 1.82) is 0 Å². The number of hydrogen-bond acceptors (Lipinski definition) is 2. The van der Waals surface area contributed by atoms with Crippen molar-refractivity contribution >= 4 is 38.9 Å². The van der Waals surface area contributed by atoms with Gasteiger partial charge in [-0.1, -0.05) is 17.7 Å². The van der Waals surface area contributed by atoms with Gasteiger partial charge in [-0.15, -0.1) is 0 Å². The van der Waals surface area contributed by atoms with E-state index in [1.165, 1.54) is 17.4 Å². The lowest BCUT2D eigenvalue weighted by Gasteiger charge is -2.13. The Morgan fingerprint density at radius 2 is 2.06 bits per heavy atom. The molecule has 2 rings (SSSR count). The van der Waals surface area contributed by atoms with Crippen molar-refractivity contribution in [1.82, 2.24) is 0 Å². The van der Waals surface area contributed by atoms with Gasteiger partial charge in [0.1, 0.15) is 11.9 Å². The molecule has 0 aliphatic carbocycles. The lowest BCUT2D eigenvalue weighted by Crippen LogP contribution is -2.03. The molecule has 17 heavy (non-hydrogen) atoms. The van der Waals surface area contributed by atoms with Crippen LogP contribution in [0.5, 0.6) is 0 Å². The Morgan fingerprint density at radius 1 is 1.35 bits per heavy atom. The molecular formula is C12H9BrClFOS. The van der Waals surface area contributed by atoms with Gasteiger partial charge in [0.05, 0.1) is 5.02 Å². The zero-order chi connectivity index (χ0) is 12.6. The predicted octanol–water partition coefficient (Wildman–Crippen LogP) is 4.69. The Balaban J connectivity index is 2.48. The summed E-state index contributed by atoms with van der Waals surface area (Å²) in [5.41, 5.74) is 1.85. The molecule has 0 fully saturated rings. The van der Waals surface area contributed by atoms with Gasteiger partial charge in [-0.2, -0.15) is 11.3 Å². The first-order valence-electron chi connectivity index (χ1n) is 4.86. The fourth-order valence-corrected chi connectivity index (χ4v) is 2.92. The smallest absolute Gasteiger partial charge is 0.149 e. The Labute approximate surface area is 116 Å². The van der Waals surface area contributed by atoms with E-state index in [-0.39, 0.29) is 10.6 Å². The molecule has 1 N–H and O–H groups in total. The third-order valence-electron chi connectivity index (χ3n) is 2.55. The number of aryl methyl sites for hydroxylation is 1. The van der Waals surface area contributed by atoms with Gasteiger partial charge in [0.2, 0.25) is 0 Å². The third kappa shape index (κ3) is 2.40. The molecule has 0 bridgehead atoms. The van der Waals surface area contributed by atoms with Gasteiger partial charge in [0, 0.05) is 10.0 Å². The van der Waals surface area contributed by atoms with E-state index in [0.29, 0.717) is 10.0 Å². The first-order chi connectivity index (χ1) is 8.02. The first-order valence-corrected chi connectivity index (χ1v) is 6.98. The highest BCUT2D eigenvalue weighted by Crippen LogP contribution is 2.34. The molecule has 0 aliphatic rings. The Hall–Kier alpha value is -0.420. The number of aliphatic hydroxyl groups excluding tert-OH is 1. The highest BCUT2D eigenvalue weighted by atomic mass is 79.9. The molecule has 0 amide bonds. The van der Waals surface area contributed by atoms with Crippen LogP contribution >= 0.6 is 38.9 Å². The monoisotopic (exact) mass is 334 g/mol. The number of halogens is 3. The van der Waals surface area contributed by atoms with Crippen LogP contribution in [0.25, 0.3) is 0 Å². The minimum atomic E-state index is -0.980. The quantitative estimate of drug-likeness (QED) is 0.789. The zero-order valence-electron chi connectivity index (χ0n) is 8.88. The van der Waals surface area contributed by atoms with Crippen LogP contribution < -0.4 is 0 Å². The summed E-state index contributed by atoms with van der Waals surface area (Å²) in [4.78, 5) is 0. The van der Waals surface area contributed by atoms with E-state index in [4.69, 9.17) is 11.6 Å². The third-order valence-corrected chi connectivity index (χ3v) is 4.69. The summed E-state index contributed by atoms with van der Waals surface area (Å²) in [6.07, 6.45) is -0.980. The van der Waals surface area contributed by atoms with E-state index in [2.05, 4.69) is 15.9 Å². The molecule has 1 nitrogen and oxygen atoms in total. The molecule has 1 aromatic heterocycles. The zero-order valence-corrected chi connectivity index (χ0v) is 12.0. The number of hydrogen-bond donors (Lipinski definition) is 1. The summed E-state index contributed by atoms with van der Waals surface area (Å²) >= 11 is 10.4. The molecule has 1 unspecified atom stereocenters. The van der Waals surface area contributed by atoms with Crippen molar-refractivity contribution in [2.75, 3.05) is 0 Å². The molecule has 0 aliphatic heterocycles. The fraction of sp³-hybridized carbons (Fsp3) is 0.167. The fourth-order valence-electron chi connectivity index (χ4n) is 1.57. The SMILES string of the molecule is Cc1cscc1C(O)c1ccc(Br)c(Cl)c1F. The standard InChI is InChI=1S/C12H9BrClFOS/c1-6-4-17-5-8(6)12(16)7-2-3-9(13)10(14)11(7)15/h2-5,12,16H,1H3. The minimum absolute atomic E-state index is 0.00515. The molecule has 0 saturated heterocycles. The average molecular weight is 336 g/mol. The predicted molar refractivity (Wildman–Crippen MR) is 72.2 cm³/mol. The molecule has 1 heterocycles.